The lowest BCUT2D eigenvalue weighted by molar-refractivity contribution is 0.270. The minimum absolute atomic E-state index is 0.0684. The fraction of sp³-hybridized carbons (Fsp3) is 0.750. The second-order valence-corrected chi connectivity index (χ2v) is 7.05. The number of aryl methyl sites for hydroxylation is 1. The van der Waals surface area contributed by atoms with Crippen molar-refractivity contribution in [2.45, 2.75) is 25.5 Å². The van der Waals surface area contributed by atoms with Gasteiger partial charge in [-0.1, -0.05) is 5.16 Å². The standard InChI is InChI=1S/C12H21N3O3S/c1-10-7-12(14-18-10)9-19(16,17)15-5-3-11(4-6-15)8-13-2/h7,11,13H,3-6,8-9H2,1-2H3. The van der Waals surface area contributed by atoms with Gasteiger partial charge in [-0.05, 0) is 39.3 Å². The van der Waals surface area contributed by atoms with Gasteiger partial charge in [0, 0.05) is 19.2 Å². The maximum absolute atomic E-state index is 12.3. The summed E-state index contributed by atoms with van der Waals surface area (Å²) in [6.45, 7) is 3.92. The average molecular weight is 287 g/mol. The molecular formula is C12H21N3O3S. The molecule has 0 amide bonds. The van der Waals surface area contributed by atoms with Gasteiger partial charge >= 0.3 is 0 Å². The van der Waals surface area contributed by atoms with Crippen molar-refractivity contribution in [3.63, 3.8) is 0 Å². The molecule has 2 rings (SSSR count). The molecule has 1 aliphatic rings. The van der Waals surface area contributed by atoms with E-state index in [1.54, 1.807) is 17.3 Å². The number of aromatic nitrogens is 1. The highest BCUT2D eigenvalue weighted by Gasteiger charge is 2.28. The molecular weight excluding hydrogens is 266 g/mol. The molecule has 2 heterocycles. The number of sulfonamides is 1. The van der Waals surface area contributed by atoms with Crippen LogP contribution in [0.4, 0.5) is 0 Å². The third kappa shape index (κ3) is 3.77. The van der Waals surface area contributed by atoms with Crippen LogP contribution in [0.25, 0.3) is 0 Å². The lowest BCUT2D eigenvalue weighted by atomic mass is 9.98. The summed E-state index contributed by atoms with van der Waals surface area (Å²) in [5.41, 5.74) is 0.481. The Morgan fingerprint density at radius 2 is 2.16 bits per heavy atom. The molecule has 1 N–H and O–H groups in total. The number of piperidine rings is 1. The number of rotatable bonds is 5. The maximum atomic E-state index is 12.3. The molecule has 0 radical (unpaired) electrons. The fourth-order valence-electron chi connectivity index (χ4n) is 2.44. The Labute approximate surface area is 114 Å². The highest BCUT2D eigenvalue weighted by Crippen LogP contribution is 2.21. The van der Waals surface area contributed by atoms with E-state index in [1.807, 2.05) is 7.05 Å². The number of nitrogens with one attached hydrogen (secondary N) is 1. The second-order valence-electron chi connectivity index (χ2n) is 5.09. The predicted molar refractivity (Wildman–Crippen MR) is 72.1 cm³/mol. The van der Waals surface area contributed by atoms with Crippen LogP contribution < -0.4 is 5.32 Å². The molecule has 0 spiro atoms. The minimum Gasteiger partial charge on any atom is -0.361 e. The van der Waals surface area contributed by atoms with Crippen LogP contribution in [-0.2, 0) is 15.8 Å². The molecule has 0 aliphatic carbocycles. The van der Waals surface area contributed by atoms with Crippen molar-refractivity contribution in [3.05, 3.63) is 17.5 Å². The molecule has 6 nitrogen and oxygen atoms in total. The zero-order chi connectivity index (χ0) is 13.9. The first-order valence-electron chi connectivity index (χ1n) is 6.56. The molecule has 0 atom stereocenters. The number of hydrogen-bond donors (Lipinski definition) is 1. The first-order chi connectivity index (χ1) is 9.01. The molecule has 108 valence electrons. The predicted octanol–water partition coefficient (Wildman–Crippen LogP) is 0.744. The summed E-state index contributed by atoms with van der Waals surface area (Å²) in [6, 6.07) is 1.67. The van der Waals surface area contributed by atoms with Crippen molar-refractivity contribution in [1.82, 2.24) is 14.8 Å². The Morgan fingerprint density at radius 1 is 1.47 bits per heavy atom. The summed E-state index contributed by atoms with van der Waals surface area (Å²) < 4.78 is 31.0. The Balaban J connectivity index is 1.94. The van der Waals surface area contributed by atoms with Gasteiger partial charge in [-0.3, -0.25) is 0 Å². The third-order valence-electron chi connectivity index (χ3n) is 3.47. The third-order valence-corrected chi connectivity index (χ3v) is 5.28. The molecule has 7 heteroatoms. The zero-order valence-electron chi connectivity index (χ0n) is 11.4. The van der Waals surface area contributed by atoms with E-state index in [2.05, 4.69) is 10.5 Å². The first kappa shape index (κ1) is 14.5. The summed E-state index contributed by atoms with van der Waals surface area (Å²) in [4.78, 5) is 0. The van der Waals surface area contributed by atoms with E-state index >= 15 is 0 Å². The average Bonchev–Trinajstić information content (AvgIpc) is 2.75. The van der Waals surface area contributed by atoms with Crippen molar-refractivity contribution < 1.29 is 12.9 Å². The van der Waals surface area contributed by atoms with Crippen LogP contribution >= 0.6 is 0 Å². The van der Waals surface area contributed by atoms with Gasteiger partial charge in [-0.25, -0.2) is 12.7 Å². The van der Waals surface area contributed by atoms with Crippen LogP contribution in [0, 0.1) is 12.8 Å². The second kappa shape index (κ2) is 6.02. The van der Waals surface area contributed by atoms with Crippen molar-refractivity contribution in [3.8, 4) is 0 Å². The topological polar surface area (TPSA) is 75.4 Å². The van der Waals surface area contributed by atoms with Gasteiger partial charge in [0.15, 0.2) is 0 Å². The fourth-order valence-corrected chi connectivity index (χ4v) is 3.90. The van der Waals surface area contributed by atoms with E-state index in [4.69, 9.17) is 4.52 Å². The minimum atomic E-state index is -3.27. The Morgan fingerprint density at radius 3 is 2.68 bits per heavy atom. The molecule has 0 saturated carbocycles. The quantitative estimate of drug-likeness (QED) is 0.864. The highest BCUT2D eigenvalue weighted by atomic mass is 32.2. The van der Waals surface area contributed by atoms with Crippen molar-refractivity contribution in [2.24, 2.45) is 5.92 Å². The molecule has 0 aromatic carbocycles. The number of hydrogen-bond acceptors (Lipinski definition) is 5. The SMILES string of the molecule is CNCC1CCN(S(=O)(=O)Cc2cc(C)on2)CC1. The van der Waals surface area contributed by atoms with Crippen molar-refractivity contribution >= 4 is 10.0 Å². The molecule has 1 aromatic heterocycles. The summed E-state index contributed by atoms with van der Waals surface area (Å²) in [5.74, 6) is 1.14. The lowest BCUT2D eigenvalue weighted by Crippen LogP contribution is -2.40. The molecule has 0 bridgehead atoms. The zero-order valence-corrected chi connectivity index (χ0v) is 12.2. The van der Waals surface area contributed by atoms with Crippen LogP contribution in [0.5, 0.6) is 0 Å². The van der Waals surface area contributed by atoms with E-state index in [0.717, 1.165) is 19.4 Å². The van der Waals surface area contributed by atoms with E-state index < -0.39 is 10.0 Å². The van der Waals surface area contributed by atoms with Crippen molar-refractivity contribution in [2.75, 3.05) is 26.7 Å². The van der Waals surface area contributed by atoms with Crippen LogP contribution in [0.2, 0.25) is 0 Å². The molecule has 1 fully saturated rings. The molecule has 1 saturated heterocycles. The molecule has 19 heavy (non-hydrogen) atoms. The summed E-state index contributed by atoms with van der Waals surface area (Å²) in [6.07, 6.45) is 1.83. The van der Waals surface area contributed by atoms with Crippen LogP contribution in [0.15, 0.2) is 10.6 Å². The van der Waals surface area contributed by atoms with Gasteiger partial charge in [0.2, 0.25) is 10.0 Å². The Hall–Kier alpha value is -0.920. The van der Waals surface area contributed by atoms with E-state index in [-0.39, 0.29) is 5.75 Å². The van der Waals surface area contributed by atoms with E-state index in [9.17, 15) is 8.42 Å². The van der Waals surface area contributed by atoms with Gasteiger partial charge in [0.1, 0.15) is 17.2 Å². The Bertz CT molecular complexity index is 504. The lowest BCUT2D eigenvalue weighted by Gasteiger charge is -2.30. The highest BCUT2D eigenvalue weighted by molar-refractivity contribution is 7.88. The summed E-state index contributed by atoms with van der Waals surface area (Å²) >= 11 is 0. The smallest absolute Gasteiger partial charge is 0.219 e. The van der Waals surface area contributed by atoms with Gasteiger partial charge in [-0.2, -0.15) is 0 Å². The van der Waals surface area contributed by atoms with Crippen LogP contribution in [-0.4, -0.2) is 44.6 Å². The largest absolute Gasteiger partial charge is 0.361 e. The van der Waals surface area contributed by atoms with Crippen LogP contribution in [0.1, 0.15) is 24.3 Å². The van der Waals surface area contributed by atoms with E-state index in [1.165, 1.54) is 0 Å². The monoisotopic (exact) mass is 287 g/mol. The number of nitrogens with zero attached hydrogens (tertiary/aromatic N) is 2. The van der Waals surface area contributed by atoms with Gasteiger partial charge in [0.05, 0.1) is 0 Å². The van der Waals surface area contributed by atoms with Gasteiger partial charge in [-0.15, -0.1) is 0 Å². The van der Waals surface area contributed by atoms with Gasteiger partial charge in [0.25, 0.3) is 0 Å². The van der Waals surface area contributed by atoms with Crippen molar-refractivity contribution in [1.29, 1.82) is 0 Å². The summed E-state index contributed by atoms with van der Waals surface area (Å²) in [7, 11) is -1.34. The molecule has 1 aliphatic heterocycles. The first-order valence-corrected chi connectivity index (χ1v) is 8.17. The maximum Gasteiger partial charge on any atom is 0.219 e. The molecule has 1 aromatic rings. The van der Waals surface area contributed by atoms with E-state index in [0.29, 0.717) is 30.5 Å². The Kier molecular flexibility index (Phi) is 4.59. The normalized spacial score (nSPS) is 18.8. The van der Waals surface area contributed by atoms with Gasteiger partial charge < -0.3 is 9.84 Å². The van der Waals surface area contributed by atoms with Crippen LogP contribution in [0.3, 0.4) is 0 Å². The molecule has 0 unspecified atom stereocenters. The summed E-state index contributed by atoms with van der Waals surface area (Å²) in [5, 5.41) is 6.89.